The van der Waals surface area contributed by atoms with Crippen LogP contribution in [0, 0.1) is 12.8 Å². The summed E-state index contributed by atoms with van der Waals surface area (Å²) in [5, 5.41) is 4.91. The Kier molecular flexibility index (Phi) is 4.80. The van der Waals surface area contributed by atoms with Gasteiger partial charge in [-0.15, -0.1) is 0 Å². The van der Waals surface area contributed by atoms with E-state index in [1.54, 1.807) is 7.11 Å². The Balaban J connectivity index is 1.76. The number of aromatic nitrogens is 2. The summed E-state index contributed by atoms with van der Waals surface area (Å²) in [5.41, 5.74) is 5.40. The molecular formula is C23H23N2O2. The van der Waals surface area contributed by atoms with Crippen molar-refractivity contribution in [2.24, 2.45) is 0 Å². The van der Waals surface area contributed by atoms with Crippen LogP contribution in [-0.4, -0.2) is 22.7 Å². The molecule has 4 rings (SSSR count). The molecule has 4 nitrogen and oxygen atoms in total. The van der Waals surface area contributed by atoms with E-state index in [4.69, 9.17) is 9.84 Å². The van der Waals surface area contributed by atoms with E-state index in [1.807, 2.05) is 28.9 Å². The van der Waals surface area contributed by atoms with Crippen LogP contribution in [-0.2, 0) is 4.79 Å². The Hall–Kier alpha value is -2.88. The van der Waals surface area contributed by atoms with Crippen LogP contribution in [0.15, 0.2) is 54.6 Å². The molecule has 4 heteroatoms. The number of ether oxygens (including phenoxy) is 1. The predicted molar refractivity (Wildman–Crippen MR) is 106 cm³/mol. The van der Waals surface area contributed by atoms with E-state index in [-0.39, 0.29) is 0 Å². The number of benzene rings is 2. The van der Waals surface area contributed by atoms with Crippen molar-refractivity contribution in [3.05, 3.63) is 71.8 Å². The van der Waals surface area contributed by atoms with Gasteiger partial charge in [0.05, 0.1) is 24.2 Å². The molecule has 27 heavy (non-hydrogen) atoms. The second-order valence-corrected chi connectivity index (χ2v) is 7.03. The zero-order chi connectivity index (χ0) is 18.8. The van der Waals surface area contributed by atoms with E-state index in [2.05, 4.69) is 37.3 Å². The number of Topliss-reactive ketones (excluding diaryl/α,β-unsaturated/α-hetero) is 1. The molecule has 0 unspecified atom stereocenters. The first-order valence-corrected chi connectivity index (χ1v) is 9.32. The molecule has 1 aromatic heterocycles. The maximum atomic E-state index is 11.6. The van der Waals surface area contributed by atoms with Gasteiger partial charge in [0.1, 0.15) is 11.5 Å². The molecule has 0 N–H and O–H groups in total. The summed E-state index contributed by atoms with van der Waals surface area (Å²) in [6.07, 6.45) is 2.88. The van der Waals surface area contributed by atoms with Gasteiger partial charge < -0.3 is 4.74 Å². The maximum absolute atomic E-state index is 11.6. The van der Waals surface area contributed by atoms with Gasteiger partial charge in [-0.1, -0.05) is 29.8 Å². The summed E-state index contributed by atoms with van der Waals surface area (Å²) in [5.74, 6) is 2.45. The summed E-state index contributed by atoms with van der Waals surface area (Å²) < 4.78 is 7.27. The minimum absolute atomic E-state index is 0.354. The van der Waals surface area contributed by atoms with E-state index < -0.39 is 0 Å². The van der Waals surface area contributed by atoms with Crippen molar-refractivity contribution in [2.45, 2.75) is 32.6 Å². The van der Waals surface area contributed by atoms with Crippen LogP contribution in [0.4, 0.5) is 0 Å². The Morgan fingerprint density at radius 3 is 2.22 bits per heavy atom. The lowest BCUT2D eigenvalue weighted by atomic mass is 9.86. The van der Waals surface area contributed by atoms with Crippen molar-refractivity contribution in [3.63, 3.8) is 0 Å². The number of rotatable bonds is 4. The molecule has 0 aliphatic heterocycles. The van der Waals surface area contributed by atoms with Gasteiger partial charge in [-0.3, -0.25) is 4.79 Å². The highest BCUT2D eigenvalue weighted by Crippen LogP contribution is 2.33. The number of ketones is 1. The Morgan fingerprint density at radius 1 is 0.926 bits per heavy atom. The van der Waals surface area contributed by atoms with Crippen LogP contribution in [0.5, 0.6) is 5.75 Å². The number of nitrogens with zero attached hydrogens (tertiary/aromatic N) is 2. The van der Waals surface area contributed by atoms with E-state index in [9.17, 15) is 4.79 Å². The zero-order valence-electron chi connectivity index (χ0n) is 15.7. The smallest absolute Gasteiger partial charge is 0.132 e. The molecule has 137 valence electrons. The van der Waals surface area contributed by atoms with Crippen molar-refractivity contribution in [2.75, 3.05) is 7.11 Å². The molecule has 1 fully saturated rings. The number of carbonyl (C=O) groups is 1. The van der Waals surface area contributed by atoms with Crippen molar-refractivity contribution in [1.29, 1.82) is 0 Å². The number of methoxy groups -OCH3 is 1. The van der Waals surface area contributed by atoms with Crippen molar-refractivity contribution in [3.8, 4) is 22.7 Å². The summed E-state index contributed by atoms with van der Waals surface area (Å²) in [6.45, 7) is 2.09. The maximum Gasteiger partial charge on any atom is 0.132 e. The fourth-order valence-electron chi connectivity index (χ4n) is 3.49. The van der Waals surface area contributed by atoms with Gasteiger partial charge in [0, 0.05) is 24.3 Å². The van der Waals surface area contributed by atoms with E-state index in [0.717, 1.165) is 41.2 Å². The second-order valence-electron chi connectivity index (χ2n) is 7.03. The second kappa shape index (κ2) is 7.39. The third kappa shape index (κ3) is 3.65. The molecule has 0 saturated heterocycles. The first kappa shape index (κ1) is 17.5. The summed E-state index contributed by atoms with van der Waals surface area (Å²) >= 11 is 0. The highest BCUT2D eigenvalue weighted by molar-refractivity contribution is 5.80. The van der Waals surface area contributed by atoms with Crippen molar-refractivity contribution >= 4 is 5.78 Å². The largest absolute Gasteiger partial charge is 0.497 e. The topological polar surface area (TPSA) is 44.1 Å². The minimum Gasteiger partial charge on any atom is -0.497 e. The summed E-state index contributed by atoms with van der Waals surface area (Å²) in [4.78, 5) is 11.6. The van der Waals surface area contributed by atoms with Gasteiger partial charge in [-0.05, 0) is 50.1 Å². The van der Waals surface area contributed by atoms with Gasteiger partial charge >= 0.3 is 0 Å². The molecule has 1 saturated carbocycles. The third-order valence-electron chi connectivity index (χ3n) is 5.15. The number of aryl methyl sites for hydroxylation is 1. The highest BCUT2D eigenvalue weighted by Gasteiger charge is 2.24. The monoisotopic (exact) mass is 359 g/mol. The standard InChI is InChI=1S/C23H23N2O2/c1-16-3-5-18(6-4-16)23-15-22(17-7-11-20(26)12-8-17)24-25(23)19-9-13-21(27-2)14-10-19/h3-6,9-10,13-15H,7-8,11-12H2,1-2H3. The molecule has 1 aliphatic rings. The van der Waals surface area contributed by atoms with E-state index >= 15 is 0 Å². The Labute approximate surface area is 159 Å². The Bertz CT molecular complexity index is 930. The molecule has 1 aliphatic carbocycles. The quantitative estimate of drug-likeness (QED) is 0.664. The van der Waals surface area contributed by atoms with Crippen LogP contribution >= 0.6 is 0 Å². The van der Waals surface area contributed by atoms with Crippen LogP contribution < -0.4 is 4.74 Å². The number of hydrogen-bond acceptors (Lipinski definition) is 3. The van der Waals surface area contributed by atoms with Gasteiger partial charge in [-0.25, -0.2) is 4.68 Å². The summed E-state index contributed by atoms with van der Waals surface area (Å²) in [6, 6.07) is 18.6. The lowest BCUT2D eigenvalue weighted by molar-refractivity contribution is -0.119. The lowest BCUT2D eigenvalue weighted by Gasteiger charge is -2.17. The molecule has 0 bridgehead atoms. The predicted octanol–water partition coefficient (Wildman–Crippen LogP) is 4.92. The third-order valence-corrected chi connectivity index (χ3v) is 5.15. The average Bonchev–Trinajstić information content (AvgIpc) is 3.14. The molecule has 1 radical (unpaired) electrons. The number of carbonyl (C=O) groups excluding carboxylic acids is 1. The molecule has 0 amide bonds. The first-order chi connectivity index (χ1) is 13.1. The Morgan fingerprint density at radius 2 is 1.59 bits per heavy atom. The van der Waals surface area contributed by atoms with Crippen molar-refractivity contribution < 1.29 is 9.53 Å². The molecule has 1 heterocycles. The highest BCUT2D eigenvalue weighted by atomic mass is 16.5. The molecule has 0 spiro atoms. The van der Waals surface area contributed by atoms with Gasteiger partial charge in [0.25, 0.3) is 0 Å². The van der Waals surface area contributed by atoms with Crippen LogP contribution in [0.2, 0.25) is 0 Å². The molecule has 0 atom stereocenters. The normalized spacial score (nSPS) is 15.1. The van der Waals surface area contributed by atoms with Crippen LogP contribution in [0.1, 0.15) is 36.9 Å². The fourth-order valence-corrected chi connectivity index (χ4v) is 3.49. The molecule has 3 aromatic rings. The average molecular weight is 359 g/mol. The van der Waals surface area contributed by atoms with E-state index in [0.29, 0.717) is 18.6 Å². The van der Waals surface area contributed by atoms with Crippen LogP contribution in [0.25, 0.3) is 16.9 Å². The van der Waals surface area contributed by atoms with Gasteiger partial charge in [0.2, 0.25) is 0 Å². The molecular weight excluding hydrogens is 336 g/mol. The first-order valence-electron chi connectivity index (χ1n) is 9.32. The number of hydrogen-bond donors (Lipinski definition) is 0. The summed E-state index contributed by atoms with van der Waals surface area (Å²) in [7, 11) is 1.67. The minimum atomic E-state index is 0.354. The fraction of sp³-hybridized carbons (Fsp3) is 0.261. The van der Waals surface area contributed by atoms with Gasteiger partial charge in [-0.2, -0.15) is 5.10 Å². The zero-order valence-corrected chi connectivity index (χ0v) is 15.7. The van der Waals surface area contributed by atoms with E-state index in [1.165, 1.54) is 11.5 Å². The SMILES string of the molecule is COc1ccc(-n2nc([C]3CCC(=O)CC3)cc2-c2ccc(C)cc2)cc1. The van der Waals surface area contributed by atoms with Gasteiger partial charge in [0.15, 0.2) is 0 Å². The van der Waals surface area contributed by atoms with Crippen LogP contribution in [0.3, 0.4) is 0 Å². The van der Waals surface area contributed by atoms with Crippen molar-refractivity contribution in [1.82, 2.24) is 9.78 Å². The lowest BCUT2D eigenvalue weighted by Crippen LogP contribution is -2.13. The molecule has 2 aromatic carbocycles.